The molecule has 0 radical (unpaired) electrons. The van der Waals surface area contributed by atoms with E-state index in [0.717, 1.165) is 12.8 Å². The van der Waals surface area contributed by atoms with Gasteiger partial charge in [0.1, 0.15) is 0 Å². The van der Waals surface area contributed by atoms with Gasteiger partial charge in [-0.3, -0.25) is 0 Å². The van der Waals surface area contributed by atoms with Crippen LogP contribution in [0.4, 0.5) is 0 Å². The average Bonchev–Trinajstić information content (AvgIpc) is 2.64. The number of nitrogens with one attached hydrogen (secondary N) is 1. The fourth-order valence-corrected chi connectivity index (χ4v) is 1.15. The van der Waals surface area contributed by atoms with Crippen LogP contribution < -0.4 is 5.73 Å². The normalized spacial score (nSPS) is 11.9. The van der Waals surface area contributed by atoms with Gasteiger partial charge in [-0.1, -0.05) is 18.1 Å². The Bertz CT molecular complexity index is 248. The Kier molecular flexibility index (Phi) is 7.23. The van der Waals surface area contributed by atoms with E-state index in [4.69, 9.17) is 15.8 Å². The van der Waals surface area contributed by atoms with Gasteiger partial charge in [-0.25, -0.2) is 0 Å². The lowest BCUT2D eigenvalue weighted by Gasteiger charge is -2.05. The maximum atomic E-state index is 8.59. The summed E-state index contributed by atoms with van der Waals surface area (Å²) in [6, 6.07) is -0.232. The predicted molar refractivity (Wildman–Crippen MR) is 57.2 cm³/mol. The summed E-state index contributed by atoms with van der Waals surface area (Å²) in [5.74, 6) is 0.495. The first-order chi connectivity index (χ1) is 6.70. The molecule has 1 aromatic rings. The molecule has 0 aliphatic heterocycles. The molecule has 86 valence electrons. The lowest BCUT2D eigenvalue weighted by atomic mass is 9.83. The highest BCUT2D eigenvalue weighted by Gasteiger charge is 2.11. The number of rotatable bonds is 6. The third kappa shape index (κ3) is 5.68. The van der Waals surface area contributed by atoms with Crippen LogP contribution in [0.25, 0.3) is 0 Å². The smallest absolute Gasteiger partial charge is 0.427 e. The third-order valence-electron chi connectivity index (χ3n) is 1.92. The molecule has 0 bridgehead atoms. The summed E-state index contributed by atoms with van der Waals surface area (Å²) in [7, 11) is -1.23. The molecule has 9 heteroatoms. The van der Waals surface area contributed by atoms with Gasteiger partial charge in [0.15, 0.2) is 5.82 Å². The first-order valence-electron chi connectivity index (χ1n) is 4.55. The van der Waals surface area contributed by atoms with Crippen molar-refractivity contribution in [1.29, 1.82) is 0 Å². The standard InChI is InChI=1S/C6H14BN5O2.ClH/c8-5(6-9-11-12-10-6)3-1-2-4-7(13)14;/h5,13-14H,1-4,8H2,(H,9,10,11,12);1H. The molecule has 0 spiro atoms. The molecule has 1 unspecified atom stereocenters. The minimum Gasteiger partial charge on any atom is -0.427 e. The second-order valence-corrected chi connectivity index (χ2v) is 3.14. The molecule has 1 rings (SSSR count). The van der Waals surface area contributed by atoms with Crippen LogP contribution in [0.5, 0.6) is 0 Å². The van der Waals surface area contributed by atoms with E-state index >= 15 is 0 Å². The van der Waals surface area contributed by atoms with Crippen molar-refractivity contribution in [3.8, 4) is 0 Å². The first kappa shape index (κ1) is 14.3. The molecule has 1 heterocycles. The van der Waals surface area contributed by atoms with Gasteiger partial charge in [0, 0.05) is 0 Å². The highest BCUT2D eigenvalue weighted by Crippen LogP contribution is 2.12. The average molecular weight is 235 g/mol. The number of nitrogens with zero attached hydrogens (tertiary/aromatic N) is 3. The number of aromatic nitrogens is 4. The Morgan fingerprint density at radius 1 is 1.40 bits per heavy atom. The Labute approximate surface area is 94.0 Å². The number of unbranched alkanes of at least 4 members (excludes halogenated alkanes) is 1. The van der Waals surface area contributed by atoms with E-state index in [1.165, 1.54) is 0 Å². The van der Waals surface area contributed by atoms with Crippen LogP contribution in [0.15, 0.2) is 0 Å². The van der Waals surface area contributed by atoms with E-state index in [1.807, 2.05) is 0 Å². The van der Waals surface area contributed by atoms with E-state index in [-0.39, 0.29) is 18.4 Å². The van der Waals surface area contributed by atoms with Gasteiger partial charge in [0.05, 0.1) is 6.04 Å². The minimum absolute atomic E-state index is 0. The van der Waals surface area contributed by atoms with Gasteiger partial charge in [0.2, 0.25) is 0 Å². The molecule has 0 saturated carbocycles. The fourth-order valence-electron chi connectivity index (χ4n) is 1.15. The number of H-pyrrole nitrogens is 1. The highest BCUT2D eigenvalue weighted by molar-refractivity contribution is 6.40. The largest absolute Gasteiger partial charge is 0.451 e. The van der Waals surface area contributed by atoms with Gasteiger partial charge >= 0.3 is 7.12 Å². The molecule has 1 atom stereocenters. The van der Waals surface area contributed by atoms with Gasteiger partial charge in [-0.15, -0.1) is 22.6 Å². The minimum atomic E-state index is -1.23. The Morgan fingerprint density at radius 3 is 2.67 bits per heavy atom. The monoisotopic (exact) mass is 235 g/mol. The van der Waals surface area contributed by atoms with Gasteiger partial charge in [-0.05, 0) is 12.7 Å². The molecule has 0 fully saturated rings. The molecule has 7 nitrogen and oxygen atoms in total. The molecular formula is C6H15BClN5O2. The third-order valence-corrected chi connectivity index (χ3v) is 1.92. The van der Waals surface area contributed by atoms with E-state index in [1.54, 1.807) is 0 Å². The second-order valence-electron chi connectivity index (χ2n) is 3.14. The summed E-state index contributed by atoms with van der Waals surface area (Å²) in [5, 5.41) is 30.4. The Hall–Kier alpha value is -0.695. The van der Waals surface area contributed by atoms with Crippen molar-refractivity contribution in [3.05, 3.63) is 5.82 Å². The molecule has 0 saturated heterocycles. The van der Waals surface area contributed by atoms with Crippen molar-refractivity contribution in [1.82, 2.24) is 20.6 Å². The van der Waals surface area contributed by atoms with Crippen molar-refractivity contribution in [3.63, 3.8) is 0 Å². The molecular weight excluding hydrogens is 220 g/mol. The summed E-state index contributed by atoms with van der Waals surface area (Å²) < 4.78 is 0. The molecule has 0 amide bonds. The SMILES string of the molecule is Cl.NC(CCCCB(O)O)c1nn[nH]n1. The van der Waals surface area contributed by atoms with Crippen LogP contribution in [0.2, 0.25) is 6.32 Å². The number of nitrogens with two attached hydrogens (primary N) is 1. The number of halogens is 1. The van der Waals surface area contributed by atoms with Gasteiger partial charge in [0.25, 0.3) is 0 Å². The first-order valence-corrected chi connectivity index (χ1v) is 4.55. The maximum absolute atomic E-state index is 8.59. The Morgan fingerprint density at radius 2 is 2.13 bits per heavy atom. The molecule has 5 N–H and O–H groups in total. The zero-order chi connectivity index (χ0) is 10.4. The zero-order valence-electron chi connectivity index (χ0n) is 8.20. The van der Waals surface area contributed by atoms with E-state index in [0.29, 0.717) is 18.6 Å². The molecule has 0 aromatic carbocycles. The lowest BCUT2D eigenvalue weighted by molar-refractivity contribution is 0.400. The maximum Gasteiger partial charge on any atom is 0.451 e. The van der Waals surface area contributed by atoms with Crippen molar-refractivity contribution >= 4 is 19.5 Å². The lowest BCUT2D eigenvalue weighted by Crippen LogP contribution is -2.13. The summed E-state index contributed by atoms with van der Waals surface area (Å²) in [4.78, 5) is 0. The number of hydrogen-bond acceptors (Lipinski definition) is 6. The van der Waals surface area contributed by atoms with Crippen molar-refractivity contribution in [2.24, 2.45) is 5.73 Å². The van der Waals surface area contributed by atoms with Crippen molar-refractivity contribution in [2.75, 3.05) is 0 Å². The summed E-state index contributed by atoms with van der Waals surface area (Å²) >= 11 is 0. The molecule has 0 aliphatic carbocycles. The number of tetrazole rings is 1. The predicted octanol–water partition coefficient (Wildman–Crippen LogP) is -0.736. The number of aromatic amines is 1. The van der Waals surface area contributed by atoms with Crippen LogP contribution in [0.3, 0.4) is 0 Å². The Balaban J connectivity index is 0.00000196. The molecule has 15 heavy (non-hydrogen) atoms. The summed E-state index contributed by atoms with van der Waals surface area (Å²) in [5.41, 5.74) is 5.75. The van der Waals surface area contributed by atoms with Crippen LogP contribution >= 0.6 is 12.4 Å². The van der Waals surface area contributed by atoms with E-state index in [2.05, 4.69) is 20.6 Å². The van der Waals surface area contributed by atoms with Gasteiger partial charge in [-0.2, -0.15) is 5.21 Å². The zero-order valence-corrected chi connectivity index (χ0v) is 9.02. The summed E-state index contributed by atoms with van der Waals surface area (Å²) in [6.07, 6.45) is 2.63. The summed E-state index contributed by atoms with van der Waals surface area (Å²) in [6.45, 7) is 0. The quantitative estimate of drug-likeness (QED) is 0.381. The second kappa shape index (κ2) is 7.58. The van der Waals surface area contributed by atoms with Crippen molar-refractivity contribution in [2.45, 2.75) is 31.6 Å². The fraction of sp³-hybridized carbons (Fsp3) is 0.833. The topological polar surface area (TPSA) is 121 Å². The number of hydrogen-bond donors (Lipinski definition) is 4. The van der Waals surface area contributed by atoms with Crippen LogP contribution in [0.1, 0.15) is 31.1 Å². The van der Waals surface area contributed by atoms with Crippen LogP contribution in [-0.4, -0.2) is 37.8 Å². The van der Waals surface area contributed by atoms with Crippen LogP contribution in [0, 0.1) is 0 Å². The molecule has 1 aromatic heterocycles. The van der Waals surface area contributed by atoms with Gasteiger partial charge < -0.3 is 15.8 Å². The van der Waals surface area contributed by atoms with E-state index < -0.39 is 7.12 Å². The molecule has 0 aliphatic rings. The highest BCUT2D eigenvalue weighted by atomic mass is 35.5. The van der Waals surface area contributed by atoms with E-state index in [9.17, 15) is 0 Å². The van der Waals surface area contributed by atoms with Crippen molar-refractivity contribution < 1.29 is 10.0 Å². The van der Waals surface area contributed by atoms with Crippen LogP contribution in [-0.2, 0) is 0 Å².